The maximum absolute atomic E-state index is 12.2. The van der Waals surface area contributed by atoms with Crippen molar-refractivity contribution in [2.75, 3.05) is 0 Å². The summed E-state index contributed by atoms with van der Waals surface area (Å²) in [6.07, 6.45) is -4.77. The molecule has 0 aliphatic carbocycles. The Morgan fingerprint density at radius 1 is 1.36 bits per heavy atom. The molecule has 1 aromatic heterocycles. The van der Waals surface area contributed by atoms with Gasteiger partial charge in [0.05, 0.1) is 6.04 Å². The van der Waals surface area contributed by atoms with Crippen LogP contribution in [0, 0.1) is 6.92 Å². The number of rotatable bonds is 4. The Kier molecular flexibility index (Phi) is 4.34. The first-order chi connectivity index (χ1) is 10.2. The number of carbonyl (C=O) groups is 1. The first-order valence-corrected chi connectivity index (χ1v) is 6.21. The van der Waals surface area contributed by atoms with Crippen molar-refractivity contribution >= 4 is 5.91 Å². The van der Waals surface area contributed by atoms with Crippen molar-refractivity contribution < 1.29 is 27.1 Å². The number of ether oxygens (including phenoxy) is 1. The van der Waals surface area contributed by atoms with Gasteiger partial charge in [-0.15, -0.1) is 23.4 Å². The molecule has 118 valence electrons. The van der Waals surface area contributed by atoms with Crippen LogP contribution in [-0.4, -0.2) is 22.5 Å². The van der Waals surface area contributed by atoms with Gasteiger partial charge in [-0.3, -0.25) is 4.79 Å². The summed E-state index contributed by atoms with van der Waals surface area (Å²) in [5.74, 6) is -0.958. The van der Waals surface area contributed by atoms with Crippen LogP contribution in [-0.2, 0) is 0 Å². The fourth-order valence-corrected chi connectivity index (χ4v) is 1.71. The van der Waals surface area contributed by atoms with Crippen LogP contribution in [0.15, 0.2) is 28.7 Å². The van der Waals surface area contributed by atoms with Gasteiger partial charge in [0.2, 0.25) is 5.89 Å². The Balaban J connectivity index is 2.07. The summed E-state index contributed by atoms with van der Waals surface area (Å²) >= 11 is 0. The van der Waals surface area contributed by atoms with Crippen molar-refractivity contribution in [3.63, 3.8) is 0 Å². The average molecular weight is 315 g/mol. The standard InChI is InChI=1S/C13H12F3N3O3/c1-7(17-11(20)12-19-18-8(2)21-12)9-4-3-5-10(6-9)22-13(14,15)16/h3-7H,1-2H3,(H,17,20). The quantitative estimate of drug-likeness (QED) is 0.938. The van der Waals surface area contributed by atoms with Gasteiger partial charge in [0, 0.05) is 6.92 Å². The van der Waals surface area contributed by atoms with Crippen molar-refractivity contribution in [2.24, 2.45) is 0 Å². The predicted octanol–water partition coefficient (Wildman–Crippen LogP) is 2.77. The summed E-state index contributed by atoms with van der Waals surface area (Å²) in [7, 11) is 0. The summed E-state index contributed by atoms with van der Waals surface area (Å²) in [6.45, 7) is 3.14. The van der Waals surface area contributed by atoms with Crippen molar-refractivity contribution in [3.8, 4) is 5.75 Å². The van der Waals surface area contributed by atoms with E-state index < -0.39 is 18.3 Å². The van der Waals surface area contributed by atoms with Crippen LogP contribution >= 0.6 is 0 Å². The third kappa shape index (κ3) is 4.21. The zero-order valence-corrected chi connectivity index (χ0v) is 11.6. The largest absolute Gasteiger partial charge is 0.573 e. The third-order valence-electron chi connectivity index (χ3n) is 2.66. The minimum Gasteiger partial charge on any atom is -0.417 e. The molecule has 0 saturated heterocycles. The third-order valence-corrected chi connectivity index (χ3v) is 2.66. The monoisotopic (exact) mass is 315 g/mol. The first-order valence-electron chi connectivity index (χ1n) is 6.21. The van der Waals surface area contributed by atoms with Crippen LogP contribution in [0.1, 0.15) is 35.1 Å². The summed E-state index contributed by atoms with van der Waals surface area (Å²) in [6, 6.07) is 4.75. The number of amides is 1. The molecule has 1 N–H and O–H groups in total. The number of nitrogens with one attached hydrogen (secondary N) is 1. The van der Waals surface area contributed by atoms with Gasteiger partial charge >= 0.3 is 18.2 Å². The lowest BCUT2D eigenvalue weighted by molar-refractivity contribution is -0.274. The molecule has 1 heterocycles. The molecule has 0 radical (unpaired) electrons. The molecule has 22 heavy (non-hydrogen) atoms. The van der Waals surface area contributed by atoms with Crippen LogP contribution in [0.25, 0.3) is 0 Å². The highest BCUT2D eigenvalue weighted by Gasteiger charge is 2.31. The molecule has 0 aliphatic rings. The van der Waals surface area contributed by atoms with E-state index in [1.807, 2.05) is 0 Å². The first kappa shape index (κ1) is 15.8. The van der Waals surface area contributed by atoms with Crippen molar-refractivity contribution in [1.29, 1.82) is 0 Å². The smallest absolute Gasteiger partial charge is 0.417 e. The second-order valence-corrected chi connectivity index (χ2v) is 4.44. The normalized spacial score (nSPS) is 12.8. The zero-order chi connectivity index (χ0) is 16.3. The fraction of sp³-hybridized carbons (Fsp3) is 0.308. The van der Waals surface area contributed by atoms with Gasteiger partial charge in [0.1, 0.15) is 5.75 Å². The number of alkyl halides is 3. The fourth-order valence-electron chi connectivity index (χ4n) is 1.71. The molecule has 0 aliphatic heterocycles. The van der Waals surface area contributed by atoms with Gasteiger partial charge in [0.25, 0.3) is 0 Å². The van der Waals surface area contributed by atoms with Gasteiger partial charge in [-0.2, -0.15) is 0 Å². The number of aryl methyl sites for hydroxylation is 1. The van der Waals surface area contributed by atoms with Gasteiger partial charge in [0.15, 0.2) is 0 Å². The van der Waals surface area contributed by atoms with E-state index in [1.165, 1.54) is 25.1 Å². The number of carbonyl (C=O) groups excluding carboxylic acids is 1. The molecule has 1 atom stereocenters. The van der Waals surface area contributed by atoms with Crippen molar-refractivity contribution in [2.45, 2.75) is 26.3 Å². The lowest BCUT2D eigenvalue weighted by Gasteiger charge is -2.15. The Morgan fingerprint density at radius 3 is 2.68 bits per heavy atom. The molecule has 1 unspecified atom stereocenters. The minimum absolute atomic E-state index is 0.216. The number of aromatic nitrogens is 2. The number of benzene rings is 1. The number of nitrogens with zero attached hydrogens (tertiary/aromatic N) is 2. The van der Waals surface area contributed by atoms with Gasteiger partial charge in [-0.05, 0) is 24.6 Å². The Hall–Kier alpha value is -2.58. The highest BCUT2D eigenvalue weighted by molar-refractivity contribution is 5.89. The van der Waals surface area contributed by atoms with E-state index in [1.54, 1.807) is 13.0 Å². The predicted molar refractivity (Wildman–Crippen MR) is 68.0 cm³/mol. The highest BCUT2D eigenvalue weighted by Crippen LogP contribution is 2.25. The Labute approximate surface area is 123 Å². The van der Waals surface area contributed by atoms with Crippen LogP contribution in [0.2, 0.25) is 0 Å². The van der Waals surface area contributed by atoms with Crippen LogP contribution in [0.3, 0.4) is 0 Å². The molecule has 1 aromatic carbocycles. The van der Waals surface area contributed by atoms with E-state index in [4.69, 9.17) is 4.42 Å². The maximum Gasteiger partial charge on any atom is 0.573 e. The summed E-state index contributed by atoms with van der Waals surface area (Å²) in [4.78, 5) is 11.8. The maximum atomic E-state index is 12.2. The summed E-state index contributed by atoms with van der Waals surface area (Å²) in [5, 5.41) is 9.62. The molecule has 6 nitrogen and oxygen atoms in total. The van der Waals surface area contributed by atoms with Gasteiger partial charge in [-0.1, -0.05) is 12.1 Å². The molecular weight excluding hydrogens is 303 g/mol. The summed E-state index contributed by atoms with van der Waals surface area (Å²) in [5.41, 5.74) is 0.436. The lowest BCUT2D eigenvalue weighted by atomic mass is 10.1. The Morgan fingerprint density at radius 2 is 2.09 bits per heavy atom. The molecule has 0 bridgehead atoms. The molecule has 0 saturated carbocycles. The van der Waals surface area contributed by atoms with Crippen LogP contribution in [0.5, 0.6) is 5.75 Å². The SMILES string of the molecule is Cc1nnc(C(=O)NC(C)c2cccc(OC(F)(F)F)c2)o1. The molecular formula is C13H12F3N3O3. The molecule has 1 amide bonds. The van der Waals surface area contributed by atoms with E-state index in [-0.39, 0.29) is 17.5 Å². The number of halogens is 3. The molecule has 2 aromatic rings. The van der Waals surface area contributed by atoms with E-state index in [9.17, 15) is 18.0 Å². The number of hydrogen-bond donors (Lipinski definition) is 1. The van der Waals surface area contributed by atoms with E-state index >= 15 is 0 Å². The second kappa shape index (κ2) is 6.04. The zero-order valence-electron chi connectivity index (χ0n) is 11.6. The average Bonchev–Trinajstić information content (AvgIpc) is 2.84. The molecule has 2 rings (SSSR count). The van der Waals surface area contributed by atoms with Crippen LogP contribution < -0.4 is 10.1 Å². The highest BCUT2D eigenvalue weighted by atomic mass is 19.4. The minimum atomic E-state index is -4.77. The van der Waals surface area contributed by atoms with Crippen molar-refractivity contribution in [3.05, 3.63) is 41.6 Å². The van der Waals surface area contributed by atoms with Gasteiger partial charge < -0.3 is 14.5 Å². The Bertz CT molecular complexity index is 670. The molecule has 0 fully saturated rings. The van der Waals surface area contributed by atoms with Crippen molar-refractivity contribution in [1.82, 2.24) is 15.5 Å². The van der Waals surface area contributed by atoms with Crippen LogP contribution in [0.4, 0.5) is 13.2 Å². The topological polar surface area (TPSA) is 77.2 Å². The number of hydrogen-bond acceptors (Lipinski definition) is 5. The molecule has 0 spiro atoms. The molecule has 9 heteroatoms. The van der Waals surface area contributed by atoms with E-state index in [0.29, 0.717) is 5.56 Å². The summed E-state index contributed by atoms with van der Waals surface area (Å²) < 4.78 is 45.4. The van der Waals surface area contributed by atoms with E-state index in [2.05, 4.69) is 20.3 Å². The van der Waals surface area contributed by atoms with Gasteiger partial charge in [-0.25, -0.2) is 0 Å². The lowest BCUT2D eigenvalue weighted by Crippen LogP contribution is -2.27. The van der Waals surface area contributed by atoms with E-state index in [0.717, 1.165) is 0 Å². The second-order valence-electron chi connectivity index (χ2n) is 4.44.